The zero-order valence-corrected chi connectivity index (χ0v) is 17.1. The predicted molar refractivity (Wildman–Crippen MR) is 110 cm³/mol. The van der Waals surface area contributed by atoms with Gasteiger partial charge in [-0.05, 0) is 37.3 Å². The van der Waals surface area contributed by atoms with Gasteiger partial charge in [0.25, 0.3) is 0 Å². The van der Waals surface area contributed by atoms with E-state index in [1.165, 1.54) is 11.8 Å². The second-order valence-electron chi connectivity index (χ2n) is 5.78. The molecule has 1 aromatic heterocycles. The molecule has 0 fully saturated rings. The first-order chi connectivity index (χ1) is 13.5. The molecule has 0 aliphatic carbocycles. The third kappa shape index (κ3) is 4.58. The number of carbonyl (C=O) groups excluding carboxylic acids is 1. The molecular weight excluding hydrogens is 400 g/mol. The highest BCUT2D eigenvalue weighted by molar-refractivity contribution is 8.00. The minimum Gasteiger partial charge on any atom is -0.493 e. The van der Waals surface area contributed by atoms with E-state index >= 15 is 0 Å². The number of hydrogen-bond acceptors (Lipinski definition) is 6. The molecule has 1 N–H and O–H groups in total. The maximum absolute atomic E-state index is 12.6. The number of carbonyl (C=O) groups is 1. The molecule has 1 unspecified atom stereocenters. The van der Waals surface area contributed by atoms with Crippen molar-refractivity contribution >= 4 is 35.0 Å². The van der Waals surface area contributed by atoms with Crippen LogP contribution in [-0.4, -0.2) is 40.1 Å². The van der Waals surface area contributed by atoms with Crippen molar-refractivity contribution in [1.82, 2.24) is 14.8 Å². The Kier molecular flexibility index (Phi) is 6.43. The van der Waals surface area contributed by atoms with E-state index in [4.69, 9.17) is 21.1 Å². The summed E-state index contributed by atoms with van der Waals surface area (Å²) in [6.45, 7) is 1.80. The van der Waals surface area contributed by atoms with Gasteiger partial charge in [-0.1, -0.05) is 29.4 Å². The lowest BCUT2D eigenvalue weighted by Crippen LogP contribution is -2.22. The van der Waals surface area contributed by atoms with E-state index in [2.05, 4.69) is 15.5 Å². The molecule has 9 heteroatoms. The monoisotopic (exact) mass is 418 g/mol. The second kappa shape index (κ2) is 8.99. The number of hydrogen-bond donors (Lipinski definition) is 1. The van der Waals surface area contributed by atoms with Crippen LogP contribution >= 0.6 is 23.4 Å². The zero-order valence-electron chi connectivity index (χ0n) is 15.5. The van der Waals surface area contributed by atoms with Crippen molar-refractivity contribution in [3.8, 4) is 17.2 Å². The van der Waals surface area contributed by atoms with Gasteiger partial charge in [-0.3, -0.25) is 9.36 Å². The summed E-state index contributed by atoms with van der Waals surface area (Å²) in [6, 6.07) is 12.5. The van der Waals surface area contributed by atoms with E-state index in [-0.39, 0.29) is 5.91 Å². The van der Waals surface area contributed by atoms with Gasteiger partial charge in [-0.25, -0.2) is 0 Å². The highest BCUT2D eigenvalue weighted by Gasteiger charge is 2.19. The Morgan fingerprint density at radius 1 is 1.18 bits per heavy atom. The van der Waals surface area contributed by atoms with Crippen LogP contribution < -0.4 is 14.8 Å². The molecule has 146 valence electrons. The fourth-order valence-electron chi connectivity index (χ4n) is 2.48. The number of nitrogens with zero attached hydrogens (tertiary/aromatic N) is 3. The number of nitrogens with one attached hydrogen (secondary N) is 1. The van der Waals surface area contributed by atoms with Gasteiger partial charge in [0.1, 0.15) is 6.33 Å². The van der Waals surface area contributed by atoms with E-state index in [9.17, 15) is 4.79 Å². The van der Waals surface area contributed by atoms with Gasteiger partial charge in [-0.2, -0.15) is 0 Å². The molecule has 0 saturated carbocycles. The van der Waals surface area contributed by atoms with Gasteiger partial charge in [0.15, 0.2) is 16.7 Å². The maximum atomic E-state index is 12.6. The lowest BCUT2D eigenvalue weighted by atomic mass is 10.2. The van der Waals surface area contributed by atoms with Crippen LogP contribution in [-0.2, 0) is 4.79 Å². The predicted octanol–water partition coefficient (Wildman–Crippen LogP) is 4.06. The lowest BCUT2D eigenvalue weighted by Gasteiger charge is -2.14. The lowest BCUT2D eigenvalue weighted by molar-refractivity contribution is -0.115. The molecule has 0 aliphatic rings. The molecule has 3 rings (SSSR count). The molecule has 0 saturated heterocycles. The fraction of sp³-hybridized carbons (Fsp3) is 0.211. The number of ether oxygens (including phenoxy) is 2. The average Bonchev–Trinajstić information content (AvgIpc) is 3.15. The van der Waals surface area contributed by atoms with Gasteiger partial charge in [0, 0.05) is 16.8 Å². The molecule has 0 spiro atoms. The summed E-state index contributed by atoms with van der Waals surface area (Å²) in [5, 5.41) is 11.7. The van der Waals surface area contributed by atoms with Crippen LogP contribution in [0.3, 0.4) is 0 Å². The molecule has 1 amide bonds. The average molecular weight is 419 g/mol. The Bertz CT molecular complexity index is 979. The standard InChI is InChI=1S/C19H19ClN4O3S/c1-12(18(25)22-14-7-8-16(26-2)17(10-14)27-3)28-19-23-21-11-24(19)15-6-4-5-13(20)9-15/h4-12H,1-3H3,(H,22,25). The number of anilines is 1. The zero-order chi connectivity index (χ0) is 20.1. The van der Waals surface area contributed by atoms with Crippen LogP contribution in [0, 0.1) is 0 Å². The minimum absolute atomic E-state index is 0.169. The molecule has 0 aliphatic heterocycles. The summed E-state index contributed by atoms with van der Waals surface area (Å²) in [6.07, 6.45) is 1.59. The summed E-state index contributed by atoms with van der Waals surface area (Å²) in [5.74, 6) is 0.969. The number of methoxy groups -OCH3 is 2. The first kappa shape index (κ1) is 20.0. The Balaban J connectivity index is 1.71. The van der Waals surface area contributed by atoms with Crippen molar-refractivity contribution in [2.24, 2.45) is 0 Å². The molecule has 1 heterocycles. The normalized spacial score (nSPS) is 11.7. The topological polar surface area (TPSA) is 78.3 Å². The number of amides is 1. The van der Waals surface area contributed by atoms with Crippen molar-refractivity contribution in [3.63, 3.8) is 0 Å². The van der Waals surface area contributed by atoms with E-state index in [0.717, 1.165) is 5.69 Å². The third-order valence-corrected chi connectivity index (χ3v) is 5.20. The molecule has 0 bridgehead atoms. The number of aromatic nitrogens is 3. The molecule has 7 nitrogen and oxygen atoms in total. The van der Waals surface area contributed by atoms with Crippen molar-refractivity contribution in [3.05, 3.63) is 53.8 Å². The van der Waals surface area contributed by atoms with Crippen LogP contribution in [0.1, 0.15) is 6.92 Å². The summed E-state index contributed by atoms with van der Waals surface area (Å²) in [5.41, 5.74) is 1.44. The van der Waals surface area contributed by atoms with Crippen molar-refractivity contribution in [1.29, 1.82) is 0 Å². The van der Waals surface area contributed by atoms with Crippen molar-refractivity contribution in [2.75, 3.05) is 19.5 Å². The minimum atomic E-state index is -0.407. The van der Waals surface area contributed by atoms with Crippen LogP contribution in [0.15, 0.2) is 53.9 Å². The first-order valence-electron chi connectivity index (χ1n) is 8.37. The largest absolute Gasteiger partial charge is 0.493 e. The molecule has 1 atom stereocenters. The summed E-state index contributed by atoms with van der Waals surface area (Å²) in [4.78, 5) is 12.6. The quantitative estimate of drug-likeness (QED) is 0.583. The van der Waals surface area contributed by atoms with Crippen molar-refractivity contribution < 1.29 is 14.3 Å². The van der Waals surface area contributed by atoms with Crippen molar-refractivity contribution in [2.45, 2.75) is 17.3 Å². The first-order valence-corrected chi connectivity index (χ1v) is 9.63. The smallest absolute Gasteiger partial charge is 0.237 e. The summed E-state index contributed by atoms with van der Waals surface area (Å²) < 4.78 is 12.3. The summed E-state index contributed by atoms with van der Waals surface area (Å²) >= 11 is 7.36. The van der Waals surface area contributed by atoms with Crippen LogP contribution in [0.2, 0.25) is 5.02 Å². The number of halogens is 1. The molecule has 3 aromatic rings. The van der Waals surface area contributed by atoms with E-state index in [1.54, 1.807) is 56.3 Å². The SMILES string of the molecule is COc1ccc(NC(=O)C(C)Sc2nncn2-c2cccc(Cl)c2)cc1OC. The third-order valence-electron chi connectivity index (χ3n) is 3.91. The Morgan fingerprint density at radius 2 is 1.96 bits per heavy atom. The van der Waals surface area contributed by atoms with E-state index in [0.29, 0.717) is 27.4 Å². The maximum Gasteiger partial charge on any atom is 0.237 e. The van der Waals surface area contributed by atoms with Gasteiger partial charge >= 0.3 is 0 Å². The molecule has 0 radical (unpaired) electrons. The van der Waals surface area contributed by atoms with Crippen LogP contribution in [0.5, 0.6) is 11.5 Å². The molecular formula is C19H19ClN4O3S. The second-order valence-corrected chi connectivity index (χ2v) is 7.53. The van der Waals surface area contributed by atoms with Gasteiger partial charge in [0.05, 0.1) is 25.2 Å². The number of benzene rings is 2. The highest BCUT2D eigenvalue weighted by Crippen LogP contribution is 2.31. The van der Waals surface area contributed by atoms with E-state index in [1.807, 2.05) is 18.2 Å². The Labute approximate surface area is 172 Å². The Morgan fingerprint density at radius 3 is 2.68 bits per heavy atom. The summed E-state index contributed by atoms with van der Waals surface area (Å²) in [7, 11) is 3.11. The molecule has 28 heavy (non-hydrogen) atoms. The van der Waals surface area contributed by atoms with Gasteiger partial charge in [0.2, 0.25) is 5.91 Å². The van der Waals surface area contributed by atoms with Gasteiger partial charge in [-0.15, -0.1) is 10.2 Å². The highest BCUT2D eigenvalue weighted by atomic mass is 35.5. The fourth-order valence-corrected chi connectivity index (χ4v) is 3.50. The number of thioether (sulfide) groups is 1. The van der Waals surface area contributed by atoms with Crippen LogP contribution in [0.4, 0.5) is 5.69 Å². The Hall–Kier alpha value is -2.71. The number of rotatable bonds is 7. The van der Waals surface area contributed by atoms with Crippen LogP contribution in [0.25, 0.3) is 5.69 Å². The van der Waals surface area contributed by atoms with E-state index < -0.39 is 5.25 Å². The molecule has 2 aromatic carbocycles. The van der Waals surface area contributed by atoms with Gasteiger partial charge < -0.3 is 14.8 Å².